The van der Waals surface area contributed by atoms with Gasteiger partial charge in [-0.1, -0.05) is 12.1 Å². The monoisotopic (exact) mass is 975 g/mol. The second-order valence-electron chi connectivity index (χ2n) is 15.7. The van der Waals surface area contributed by atoms with E-state index in [0.29, 0.717) is 54.1 Å². The lowest BCUT2D eigenvalue weighted by Crippen LogP contribution is -2.40. The number of hydrogen-bond donors (Lipinski definition) is 2. The van der Waals surface area contributed by atoms with Crippen LogP contribution < -0.4 is 20.3 Å². The van der Waals surface area contributed by atoms with Crippen LogP contribution in [0.4, 0.5) is 34.1 Å². The Hall–Kier alpha value is -7.79. The summed E-state index contributed by atoms with van der Waals surface area (Å²) in [6.45, 7) is 11.4. The smallest absolute Gasteiger partial charge is 0.326 e. The number of aromatic nitrogens is 4. The van der Waals surface area contributed by atoms with Crippen LogP contribution in [0.5, 0.6) is 11.8 Å². The molecular formula is C48H59N14O7S+. The Morgan fingerprint density at radius 2 is 0.986 bits per heavy atom. The minimum atomic E-state index is -4.88. The maximum absolute atomic E-state index is 13.4. The molecule has 0 aliphatic heterocycles. The first-order valence-electron chi connectivity index (χ1n) is 21.7. The maximum Gasteiger partial charge on any atom is 0.326 e. The van der Waals surface area contributed by atoms with E-state index in [-0.39, 0.29) is 46.4 Å². The molecule has 0 atom stereocenters. The van der Waals surface area contributed by atoms with E-state index in [0.717, 1.165) is 12.6 Å². The van der Waals surface area contributed by atoms with E-state index >= 15 is 0 Å². The van der Waals surface area contributed by atoms with Crippen LogP contribution in [0, 0.1) is 13.8 Å². The van der Waals surface area contributed by atoms with Crippen LogP contribution >= 0.6 is 0 Å². The van der Waals surface area contributed by atoms with Gasteiger partial charge in [-0.3, -0.25) is 18.7 Å². The molecule has 2 N–H and O–H groups in total. The van der Waals surface area contributed by atoms with Crippen molar-refractivity contribution in [3.8, 4) is 23.1 Å². The molecule has 21 nitrogen and oxygen atoms in total. The standard InChI is InChI=1S/C23H27N7O5S.C23H27N7O2.C2H4/c1-16-20(27-26-18-15-17(25-24-2)9-10-19(18)36(33,34)35)22(31)30(14-8-11-28(3)4)23(32)21(16)29-12-6-5-7-13-29;1-17-20(27-26-19-11-9-18(10-12-19)25-24-2)22(31)30(16-8-13-28(3)4)23(32)21(17)29-14-6-5-7-15-29;1-2/h5-7,9-10,12-13,15H,8,11,14H2,1-4H3,(H-,26,31,32,33,34,35);5-7,9-12,14-15H,8,13,16H2,1-4H3;1-2H2/p+1. The first kappa shape index (κ1) is 54.8. The van der Waals surface area contributed by atoms with Crippen molar-refractivity contribution in [3.63, 3.8) is 0 Å². The summed E-state index contributed by atoms with van der Waals surface area (Å²) in [5.74, 6) is -0.608. The molecular weight excluding hydrogens is 917 g/mol. The maximum atomic E-state index is 13.4. The second kappa shape index (κ2) is 26.1. The van der Waals surface area contributed by atoms with E-state index in [1.807, 2.05) is 56.2 Å². The molecule has 368 valence electrons. The minimum absolute atomic E-state index is 0.0393. The highest BCUT2D eigenvalue weighted by atomic mass is 32.2. The van der Waals surface area contributed by atoms with Crippen molar-refractivity contribution < 1.29 is 32.3 Å². The predicted molar refractivity (Wildman–Crippen MR) is 265 cm³/mol. The van der Waals surface area contributed by atoms with Crippen molar-refractivity contribution >= 4 is 44.2 Å². The molecule has 0 bridgehead atoms. The Morgan fingerprint density at radius 3 is 1.39 bits per heavy atom. The number of hydrogen-bond acceptors (Lipinski definition) is 17. The lowest BCUT2D eigenvalue weighted by Gasteiger charge is -2.15. The largest absolute Gasteiger partial charge is 0.744 e. The van der Waals surface area contributed by atoms with E-state index < -0.39 is 26.5 Å². The van der Waals surface area contributed by atoms with Crippen molar-refractivity contribution in [2.75, 3.05) is 55.4 Å². The summed E-state index contributed by atoms with van der Waals surface area (Å²) in [5, 5.41) is 53.8. The van der Waals surface area contributed by atoms with Gasteiger partial charge in [-0.2, -0.15) is 34.7 Å². The topological polar surface area (TPSA) is 255 Å². The lowest BCUT2D eigenvalue weighted by atomic mass is 10.2. The molecule has 0 saturated heterocycles. The van der Waals surface area contributed by atoms with Gasteiger partial charge in [0.1, 0.15) is 15.8 Å². The molecule has 22 heteroatoms. The molecule has 0 fully saturated rings. The second-order valence-corrected chi connectivity index (χ2v) is 17.1. The quantitative estimate of drug-likeness (QED) is 0.0386. The average molecular weight is 976 g/mol. The number of pyridine rings is 4. The zero-order valence-corrected chi connectivity index (χ0v) is 41.4. The van der Waals surface area contributed by atoms with E-state index in [2.05, 4.69) is 54.1 Å². The molecule has 6 aromatic rings. The summed E-state index contributed by atoms with van der Waals surface area (Å²) in [7, 11) is 5.90. The highest BCUT2D eigenvalue weighted by Gasteiger charge is 2.27. The van der Waals surface area contributed by atoms with Crippen molar-refractivity contribution in [2.24, 2.45) is 40.9 Å². The molecule has 0 spiro atoms. The molecule has 0 amide bonds. The van der Waals surface area contributed by atoms with Gasteiger partial charge >= 0.3 is 11.1 Å². The Labute approximate surface area is 406 Å². The van der Waals surface area contributed by atoms with E-state index in [4.69, 9.17) is 0 Å². The third-order valence-electron chi connectivity index (χ3n) is 10.2. The van der Waals surface area contributed by atoms with E-state index in [1.165, 1.54) is 28.3 Å². The fourth-order valence-corrected chi connectivity index (χ4v) is 7.51. The Balaban J connectivity index is 0.000000296. The third-order valence-corrected chi connectivity index (χ3v) is 11.1. The van der Waals surface area contributed by atoms with Crippen LogP contribution in [0.1, 0.15) is 24.0 Å². The number of rotatable bonds is 17. The van der Waals surface area contributed by atoms with E-state index in [1.54, 1.807) is 97.3 Å². The Bertz CT molecular complexity index is 3070. The third kappa shape index (κ3) is 14.4. The molecule has 0 unspecified atom stereocenters. The van der Waals surface area contributed by atoms with Gasteiger partial charge < -0.3 is 24.6 Å². The van der Waals surface area contributed by atoms with Crippen LogP contribution in [0.25, 0.3) is 11.4 Å². The van der Waals surface area contributed by atoms with Crippen LogP contribution in [-0.4, -0.2) is 97.5 Å². The molecule has 0 saturated carbocycles. The summed E-state index contributed by atoms with van der Waals surface area (Å²) in [5.41, 5.74) is 2.36. The van der Waals surface area contributed by atoms with Crippen molar-refractivity contribution in [1.29, 1.82) is 0 Å². The summed E-state index contributed by atoms with van der Waals surface area (Å²) in [4.78, 5) is 30.0. The van der Waals surface area contributed by atoms with Crippen LogP contribution in [0.3, 0.4) is 0 Å². The summed E-state index contributed by atoms with van der Waals surface area (Å²) < 4.78 is 41.2. The molecule has 4 aromatic heterocycles. The Morgan fingerprint density at radius 1 is 0.600 bits per heavy atom. The zero-order chi connectivity index (χ0) is 51.5. The van der Waals surface area contributed by atoms with E-state index in [9.17, 15) is 32.8 Å². The lowest BCUT2D eigenvalue weighted by molar-refractivity contribution is -0.597. The fourth-order valence-electron chi connectivity index (χ4n) is 6.92. The molecule has 0 radical (unpaired) electrons. The molecule has 0 aliphatic rings. The molecule has 6 rings (SSSR count). The number of aromatic hydroxyl groups is 2. The van der Waals surface area contributed by atoms with Gasteiger partial charge in [-0.15, -0.1) is 28.5 Å². The fraction of sp³-hybridized carbons (Fsp3) is 0.292. The molecule has 2 aromatic carbocycles. The van der Waals surface area contributed by atoms with Gasteiger partial charge in [-0.05, 0) is 110 Å². The molecule has 0 aliphatic carbocycles. The van der Waals surface area contributed by atoms with Crippen molar-refractivity contribution in [3.05, 3.63) is 149 Å². The molecule has 4 heterocycles. The van der Waals surface area contributed by atoms with Crippen LogP contribution in [-0.2, 0) is 23.2 Å². The predicted octanol–water partition coefficient (Wildman–Crippen LogP) is 8.15. The first-order valence-corrected chi connectivity index (χ1v) is 23.2. The minimum Gasteiger partial charge on any atom is -0.744 e. The molecule has 70 heavy (non-hydrogen) atoms. The van der Waals surface area contributed by atoms with Gasteiger partial charge in [0.2, 0.25) is 11.8 Å². The van der Waals surface area contributed by atoms with Gasteiger partial charge in [-0.25, -0.2) is 8.42 Å². The van der Waals surface area contributed by atoms with Crippen molar-refractivity contribution in [2.45, 2.75) is 44.7 Å². The summed E-state index contributed by atoms with van der Waals surface area (Å²) in [6.07, 6.45) is 8.24. The van der Waals surface area contributed by atoms with Gasteiger partial charge in [0.05, 0.1) is 33.1 Å². The first-order chi connectivity index (χ1) is 33.5. The highest BCUT2D eigenvalue weighted by molar-refractivity contribution is 7.86. The van der Waals surface area contributed by atoms with Gasteiger partial charge in [0.25, 0.3) is 11.4 Å². The Kier molecular flexibility index (Phi) is 20.4. The SMILES string of the molecule is C=C.CN=Nc1ccc(N=Nc2c(C)c(-[n+]3ccccc3)c(=O)n(CCCN(C)C)c2O)cc1.CN=Nc1ccc(S(=O)(=O)[O-])c(N=Nc2c(C)c(-[n+]3ccccc3)c(=O)n(CCCN(C)C)c2O)c1. The van der Waals surface area contributed by atoms with Gasteiger partial charge in [0.15, 0.2) is 36.2 Å². The zero-order valence-electron chi connectivity index (χ0n) is 40.6. The average Bonchev–Trinajstić information content (AvgIpc) is 3.33. The summed E-state index contributed by atoms with van der Waals surface area (Å²) >= 11 is 0. The highest BCUT2D eigenvalue weighted by Crippen LogP contribution is 2.36. The summed E-state index contributed by atoms with van der Waals surface area (Å²) in [6, 6.07) is 21.6. The number of azo groups is 4. The number of nitrogens with zero attached hydrogens (tertiary/aromatic N) is 14. The number of benzene rings is 2. The van der Waals surface area contributed by atoms with Crippen LogP contribution in [0.2, 0.25) is 0 Å². The van der Waals surface area contributed by atoms with Gasteiger partial charge in [0, 0.05) is 51.5 Å². The van der Waals surface area contributed by atoms with Crippen LogP contribution in [0.15, 0.2) is 172 Å². The normalized spacial score (nSPS) is 11.8. The van der Waals surface area contributed by atoms with Crippen molar-refractivity contribution in [1.82, 2.24) is 18.9 Å².